The van der Waals surface area contributed by atoms with E-state index in [0.717, 1.165) is 5.69 Å². The van der Waals surface area contributed by atoms with Gasteiger partial charge < -0.3 is 15.0 Å². The number of nitrogens with one attached hydrogen (secondary N) is 1. The molecule has 118 valence electrons. The smallest absolute Gasteiger partial charge is 0.229 e. The topological polar surface area (TPSA) is 71.5 Å². The molecule has 0 spiro atoms. The zero-order chi connectivity index (χ0) is 16.2. The highest BCUT2D eigenvalue weighted by molar-refractivity contribution is 6.03. The standard InChI is InChI=1S/C17H17N3O3/c1-23-15-8-7-13(10-18-15)19-17(22)12-9-16(21)20(11-12)14-5-3-2-4-6-14/h2-8,10,12H,9,11H2,1H3,(H,19,22)/t12-/m1/s1. The van der Waals surface area contributed by atoms with E-state index in [9.17, 15) is 9.59 Å². The molecule has 1 fully saturated rings. The zero-order valence-electron chi connectivity index (χ0n) is 12.7. The first-order valence-electron chi connectivity index (χ1n) is 7.33. The molecule has 6 nitrogen and oxygen atoms in total. The van der Waals surface area contributed by atoms with Gasteiger partial charge >= 0.3 is 0 Å². The van der Waals surface area contributed by atoms with Crippen LogP contribution in [0.5, 0.6) is 5.88 Å². The van der Waals surface area contributed by atoms with E-state index in [1.807, 2.05) is 30.3 Å². The molecule has 0 saturated carbocycles. The Balaban J connectivity index is 1.65. The number of carbonyl (C=O) groups is 2. The summed E-state index contributed by atoms with van der Waals surface area (Å²) in [5.41, 5.74) is 1.40. The van der Waals surface area contributed by atoms with Crippen LogP contribution in [-0.2, 0) is 9.59 Å². The van der Waals surface area contributed by atoms with Crippen LogP contribution in [0.1, 0.15) is 6.42 Å². The normalized spacial score (nSPS) is 17.2. The maximum absolute atomic E-state index is 12.3. The lowest BCUT2D eigenvalue weighted by atomic mass is 10.1. The van der Waals surface area contributed by atoms with E-state index in [4.69, 9.17) is 4.74 Å². The van der Waals surface area contributed by atoms with E-state index < -0.39 is 0 Å². The fourth-order valence-electron chi connectivity index (χ4n) is 2.56. The number of benzene rings is 1. The molecule has 1 N–H and O–H groups in total. The number of carbonyl (C=O) groups excluding carboxylic acids is 2. The summed E-state index contributed by atoms with van der Waals surface area (Å²) in [5, 5.41) is 2.79. The van der Waals surface area contributed by atoms with Gasteiger partial charge in [-0.15, -0.1) is 0 Å². The molecule has 2 aromatic rings. The molecule has 0 unspecified atom stereocenters. The lowest BCUT2D eigenvalue weighted by Gasteiger charge is -2.16. The van der Waals surface area contributed by atoms with Gasteiger partial charge in [0.1, 0.15) is 0 Å². The number of para-hydroxylation sites is 1. The molecule has 6 heteroatoms. The van der Waals surface area contributed by atoms with Crippen molar-refractivity contribution in [1.29, 1.82) is 0 Å². The van der Waals surface area contributed by atoms with E-state index in [0.29, 0.717) is 18.1 Å². The lowest BCUT2D eigenvalue weighted by Crippen LogP contribution is -2.28. The van der Waals surface area contributed by atoms with Gasteiger partial charge in [0, 0.05) is 24.7 Å². The number of aromatic nitrogens is 1. The average Bonchev–Trinajstić information content (AvgIpc) is 2.98. The summed E-state index contributed by atoms with van der Waals surface area (Å²) < 4.78 is 4.98. The number of amides is 2. The molecular weight excluding hydrogens is 294 g/mol. The van der Waals surface area contributed by atoms with E-state index in [1.165, 1.54) is 13.3 Å². The summed E-state index contributed by atoms with van der Waals surface area (Å²) in [6.45, 7) is 0.387. The molecule has 1 aliphatic heterocycles. The fraction of sp³-hybridized carbons (Fsp3) is 0.235. The molecule has 23 heavy (non-hydrogen) atoms. The third-order valence-electron chi connectivity index (χ3n) is 3.78. The second kappa shape index (κ2) is 6.48. The van der Waals surface area contributed by atoms with E-state index >= 15 is 0 Å². The van der Waals surface area contributed by atoms with Crippen molar-refractivity contribution in [1.82, 2.24) is 4.98 Å². The highest BCUT2D eigenvalue weighted by Crippen LogP contribution is 2.25. The molecule has 1 aliphatic rings. The van der Waals surface area contributed by atoms with E-state index in [1.54, 1.807) is 17.0 Å². The average molecular weight is 311 g/mol. The number of anilines is 2. The molecule has 1 saturated heterocycles. The van der Waals surface area contributed by atoms with E-state index in [-0.39, 0.29) is 24.2 Å². The Kier molecular flexibility index (Phi) is 4.23. The minimum absolute atomic E-state index is 0.0378. The summed E-state index contributed by atoms with van der Waals surface area (Å²) in [6, 6.07) is 12.8. The van der Waals surface area contributed by atoms with Crippen LogP contribution in [0.25, 0.3) is 0 Å². The first-order valence-corrected chi connectivity index (χ1v) is 7.33. The molecule has 2 heterocycles. The Bertz CT molecular complexity index is 701. The fourth-order valence-corrected chi connectivity index (χ4v) is 2.56. The Morgan fingerprint density at radius 2 is 2.04 bits per heavy atom. The Morgan fingerprint density at radius 3 is 2.70 bits per heavy atom. The van der Waals surface area contributed by atoms with Gasteiger partial charge in [-0.05, 0) is 18.2 Å². The Labute approximate surface area is 134 Å². The number of nitrogens with zero attached hydrogens (tertiary/aromatic N) is 2. The Morgan fingerprint density at radius 1 is 1.26 bits per heavy atom. The molecule has 3 rings (SSSR count). The molecule has 0 bridgehead atoms. The predicted octanol–water partition coefficient (Wildman–Crippen LogP) is 2.08. The van der Waals surface area contributed by atoms with Crippen LogP contribution in [0, 0.1) is 5.92 Å². The third-order valence-corrected chi connectivity index (χ3v) is 3.78. The number of methoxy groups -OCH3 is 1. The van der Waals surface area contributed by atoms with Crippen LogP contribution < -0.4 is 15.0 Å². The zero-order valence-corrected chi connectivity index (χ0v) is 12.7. The lowest BCUT2D eigenvalue weighted by molar-refractivity contribution is -0.122. The van der Waals surface area contributed by atoms with Gasteiger partial charge in [0.25, 0.3) is 0 Å². The van der Waals surface area contributed by atoms with Crippen LogP contribution in [0.4, 0.5) is 11.4 Å². The summed E-state index contributed by atoms with van der Waals surface area (Å²) in [7, 11) is 1.53. The number of ether oxygens (including phenoxy) is 1. The minimum atomic E-state index is -0.371. The highest BCUT2D eigenvalue weighted by Gasteiger charge is 2.35. The summed E-state index contributed by atoms with van der Waals surface area (Å²) in [5.74, 6) is -0.105. The number of pyridine rings is 1. The summed E-state index contributed by atoms with van der Waals surface area (Å²) in [4.78, 5) is 30.2. The molecule has 0 aliphatic carbocycles. The van der Waals surface area contributed by atoms with Gasteiger partial charge in [0.05, 0.1) is 24.9 Å². The monoisotopic (exact) mass is 311 g/mol. The quantitative estimate of drug-likeness (QED) is 0.938. The van der Waals surface area contributed by atoms with Crippen LogP contribution in [0.2, 0.25) is 0 Å². The van der Waals surface area contributed by atoms with Crippen molar-refractivity contribution in [3.05, 3.63) is 48.7 Å². The highest BCUT2D eigenvalue weighted by atomic mass is 16.5. The molecule has 1 aromatic heterocycles. The molecule has 2 amide bonds. The first kappa shape index (κ1) is 15.0. The van der Waals surface area contributed by atoms with Crippen molar-refractivity contribution >= 4 is 23.2 Å². The molecule has 1 atom stereocenters. The number of hydrogen-bond acceptors (Lipinski definition) is 4. The van der Waals surface area contributed by atoms with Crippen LogP contribution in [0.3, 0.4) is 0 Å². The maximum Gasteiger partial charge on any atom is 0.229 e. The van der Waals surface area contributed by atoms with Gasteiger partial charge in [-0.3, -0.25) is 9.59 Å². The number of hydrogen-bond donors (Lipinski definition) is 1. The summed E-state index contributed by atoms with van der Waals surface area (Å²) >= 11 is 0. The van der Waals surface area contributed by atoms with Crippen LogP contribution >= 0.6 is 0 Å². The van der Waals surface area contributed by atoms with Crippen molar-refractivity contribution < 1.29 is 14.3 Å². The molecule has 1 aromatic carbocycles. The van der Waals surface area contributed by atoms with Crippen molar-refractivity contribution in [2.24, 2.45) is 5.92 Å². The van der Waals surface area contributed by atoms with Crippen molar-refractivity contribution in [3.63, 3.8) is 0 Å². The van der Waals surface area contributed by atoms with Crippen LogP contribution in [0.15, 0.2) is 48.7 Å². The minimum Gasteiger partial charge on any atom is -0.481 e. The van der Waals surface area contributed by atoms with Crippen molar-refractivity contribution in [3.8, 4) is 5.88 Å². The largest absolute Gasteiger partial charge is 0.481 e. The Hall–Kier alpha value is -2.89. The second-order valence-electron chi connectivity index (χ2n) is 5.32. The van der Waals surface area contributed by atoms with Gasteiger partial charge in [-0.2, -0.15) is 0 Å². The molecular formula is C17H17N3O3. The third kappa shape index (κ3) is 3.31. The van der Waals surface area contributed by atoms with E-state index in [2.05, 4.69) is 10.3 Å². The van der Waals surface area contributed by atoms with Gasteiger partial charge in [0.2, 0.25) is 17.7 Å². The van der Waals surface area contributed by atoms with Crippen LogP contribution in [-0.4, -0.2) is 30.5 Å². The number of rotatable bonds is 4. The maximum atomic E-state index is 12.3. The van der Waals surface area contributed by atoms with Crippen molar-refractivity contribution in [2.75, 3.05) is 23.9 Å². The van der Waals surface area contributed by atoms with Crippen molar-refractivity contribution in [2.45, 2.75) is 6.42 Å². The van der Waals surface area contributed by atoms with Gasteiger partial charge in [-0.25, -0.2) is 4.98 Å². The van der Waals surface area contributed by atoms with Gasteiger partial charge in [-0.1, -0.05) is 18.2 Å². The predicted molar refractivity (Wildman–Crippen MR) is 86.3 cm³/mol. The van der Waals surface area contributed by atoms with Gasteiger partial charge in [0.15, 0.2) is 0 Å². The molecule has 0 radical (unpaired) electrons. The second-order valence-corrected chi connectivity index (χ2v) is 5.32. The summed E-state index contributed by atoms with van der Waals surface area (Å²) in [6.07, 6.45) is 1.74. The first-order chi connectivity index (χ1) is 11.2. The SMILES string of the molecule is COc1ccc(NC(=O)[C@@H]2CC(=O)N(c3ccccc3)C2)cn1.